The molecule has 0 amide bonds. The summed E-state index contributed by atoms with van der Waals surface area (Å²) in [6.45, 7) is 4.67. The van der Waals surface area contributed by atoms with E-state index in [9.17, 15) is 0 Å². The third-order valence-electron chi connectivity index (χ3n) is 10.1. The molecule has 1 aliphatic carbocycles. The molecule has 0 unspecified atom stereocenters. The van der Waals surface area contributed by atoms with Gasteiger partial charge >= 0.3 is 0 Å². The molecule has 2 heteroatoms. The fourth-order valence-corrected chi connectivity index (χ4v) is 7.68. The number of fused-ring (bicyclic) bond motifs is 4. The van der Waals surface area contributed by atoms with E-state index in [4.69, 9.17) is 9.97 Å². The van der Waals surface area contributed by atoms with Gasteiger partial charge < -0.3 is 0 Å². The molecule has 0 fully saturated rings. The van der Waals surface area contributed by atoms with Crippen molar-refractivity contribution in [2.45, 2.75) is 19.3 Å². The van der Waals surface area contributed by atoms with E-state index < -0.39 is 0 Å². The molecule has 8 aromatic rings. The number of hydrogen-bond donors (Lipinski definition) is 0. The van der Waals surface area contributed by atoms with Crippen LogP contribution >= 0.6 is 0 Å². The van der Waals surface area contributed by atoms with Crippen molar-refractivity contribution in [3.05, 3.63) is 181 Å². The Hall–Kier alpha value is -6.12. The zero-order chi connectivity index (χ0) is 33.0. The summed E-state index contributed by atoms with van der Waals surface area (Å²) in [7, 11) is 0. The van der Waals surface area contributed by atoms with Crippen molar-refractivity contribution in [1.29, 1.82) is 0 Å². The van der Waals surface area contributed by atoms with Crippen molar-refractivity contribution in [3.8, 4) is 67.3 Å². The van der Waals surface area contributed by atoms with Crippen LogP contribution in [0.2, 0.25) is 0 Å². The Morgan fingerprint density at radius 1 is 0.347 bits per heavy atom. The third-order valence-corrected chi connectivity index (χ3v) is 10.1. The quantitative estimate of drug-likeness (QED) is 0.190. The predicted octanol–water partition coefficient (Wildman–Crippen LogP) is 12.3. The van der Waals surface area contributed by atoms with E-state index in [1.165, 1.54) is 44.2 Å². The van der Waals surface area contributed by atoms with Crippen LogP contribution in [0.4, 0.5) is 0 Å². The van der Waals surface area contributed by atoms with Crippen LogP contribution in [0.5, 0.6) is 0 Å². The molecule has 49 heavy (non-hydrogen) atoms. The van der Waals surface area contributed by atoms with Crippen LogP contribution in [0.1, 0.15) is 25.0 Å². The Morgan fingerprint density at radius 3 is 1.61 bits per heavy atom. The van der Waals surface area contributed by atoms with E-state index in [-0.39, 0.29) is 5.41 Å². The Labute approximate surface area is 287 Å². The number of benzene rings is 7. The molecule has 9 rings (SSSR count). The molecule has 0 atom stereocenters. The molecular formula is C47H34N2. The van der Waals surface area contributed by atoms with Crippen LogP contribution in [-0.4, -0.2) is 9.97 Å². The molecule has 0 radical (unpaired) electrons. The van der Waals surface area contributed by atoms with Gasteiger partial charge in [0, 0.05) is 22.1 Å². The monoisotopic (exact) mass is 626 g/mol. The SMILES string of the molecule is CC1(C)c2ccccc2-c2cc(-c3ccc(-c4cc(-c5ccccc5-c5ccccc5)nc(-c5ccccc5)n4)c4ccccc34)ccc21. The van der Waals surface area contributed by atoms with Crippen LogP contribution in [0.3, 0.4) is 0 Å². The van der Waals surface area contributed by atoms with Gasteiger partial charge in [0.05, 0.1) is 11.4 Å². The van der Waals surface area contributed by atoms with Gasteiger partial charge in [0.25, 0.3) is 0 Å². The number of rotatable bonds is 5. The van der Waals surface area contributed by atoms with Gasteiger partial charge in [-0.15, -0.1) is 0 Å². The number of hydrogen-bond acceptors (Lipinski definition) is 2. The molecule has 1 aliphatic rings. The topological polar surface area (TPSA) is 25.8 Å². The maximum Gasteiger partial charge on any atom is 0.160 e. The van der Waals surface area contributed by atoms with Crippen LogP contribution in [0.15, 0.2) is 170 Å². The van der Waals surface area contributed by atoms with Crippen molar-refractivity contribution >= 4 is 10.8 Å². The second-order valence-electron chi connectivity index (χ2n) is 13.4. The van der Waals surface area contributed by atoms with Gasteiger partial charge in [0.15, 0.2) is 5.82 Å². The minimum Gasteiger partial charge on any atom is -0.228 e. The van der Waals surface area contributed by atoms with E-state index in [0.29, 0.717) is 5.82 Å². The summed E-state index contributed by atoms with van der Waals surface area (Å²) in [5.41, 5.74) is 15.1. The van der Waals surface area contributed by atoms with Gasteiger partial charge in [-0.05, 0) is 67.4 Å². The Kier molecular flexibility index (Phi) is 6.84. The molecule has 0 N–H and O–H groups in total. The van der Waals surface area contributed by atoms with Gasteiger partial charge in [0.2, 0.25) is 0 Å². The summed E-state index contributed by atoms with van der Waals surface area (Å²) < 4.78 is 0. The van der Waals surface area contributed by atoms with Crippen molar-refractivity contribution in [1.82, 2.24) is 9.97 Å². The number of nitrogens with zero attached hydrogens (tertiary/aromatic N) is 2. The minimum atomic E-state index is -0.0172. The predicted molar refractivity (Wildman–Crippen MR) is 204 cm³/mol. The van der Waals surface area contributed by atoms with Crippen molar-refractivity contribution in [2.75, 3.05) is 0 Å². The summed E-state index contributed by atoms with van der Waals surface area (Å²) in [5, 5.41) is 2.37. The molecule has 0 saturated carbocycles. The van der Waals surface area contributed by atoms with Gasteiger partial charge in [-0.25, -0.2) is 9.97 Å². The first-order valence-electron chi connectivity index (χ1n) is 16.9. The molecule has 0 bridgehead atoms. The lowest BCUT2D eigenvalue weighted by Crippen LogP contribution is -2.14. The van der Waals surface area contributed by atoms with Gasteiger partial charge in [0.1, 0.15) is 0 Å². The highest BCUT2D eigenvalue weighted by molar-refractivity contribution is 6.05. The van der Waals surface area contributed by atoms with Gasteiger partial charge in [-0.2, -0.15) is 0 Å². The fourth-order valence-electron chi connectivity index (χ4n) is 7.68. The highest BCUT2D eigenvalue weighted by Crippen LogP contribution is 2.50. The van der Waals surface area contributed by atoms with E-state index in [0.717, 1.165) is 39.2 Å². The van der Waals surface area contributed by atoms with E-state index in [1.807, 2.05) is 18.2 Å². The third kappa shape index (κ3) is 4.88. The molecule has 0 spiro atoms. The lowest BCUT2D eigenvalue weighted by Gasteiger charge is -2.21. The second kappa shape index (κ2) is 11.5. The summed E-state index contributed by atoms with van der Waals surface area (Å²) in [5.74, 6) is 0.712. The van der Waals surface area contributed by atoms with Crippen LogP contribution in [0.25, 0.3) is 78.1 Å². The Morgan fingerprint density at radius 2 is 0.878 bits per heavy atom. The molecule has 7 aromatic carbocycles. The standard InChI is InChI=1S/C47H34N2/c1-47(2)42-24-14-13-22-38(42)41-29-33(25-28-43(41)47)35-26-27-40(37-21-11-10-20-36(35)37)45-30-44(48-46(49-45)32-17-7-4-8-18-32)39-23-12-9-19-34(39)31-15-5-3-6-16-31/h3-30H,1-2H3. The molecule has 0 saturated heterocycles. The molecule has 2 nitrogen and oxygen atoms in total. The fraction of sp³-hybridized carbons (Fsp3) is 0.0638. The zero-order valence-corrected chi connectivity index (χ0v) is 27.6. The van der Waals surface area contributed by atoms with E-state index in [2.05, 4.69) is 166 Å². The number of aromatic nitrogens is 2. The smallest absolute Gasteiger partial charge is 0.160 e. The van der Waals surface area contributed by atoms with Crippen LogP contribution in [0, 0.1) is 0 Å². The first-order chi connectivity index (χ1) is 24.1. The van der Waals surface area contributed by atoms with Crippen molar-refractivity contribution in [3.63, 3.8) is 0 Å². The summed E-state index contributed by atoms with van der Waals surface area (Å²) in [4.78, 5) is 10.4. The van der Waals surface area contributed by atoms with Gasteiger partial charge in [-0.1, -0.05) is 172 Å². The first-order valence-corrected chi connectivity index (χ1v) is 16.9. The lowest BCUT2D eigenvalue weighted by atomic mass is 9.82. The van der Waals surface area contributed by atoms with Crippen LogP contribution in [-0.2, 0) is 5.41 Å². The van der Waals surface area contributed by atoms with Gasteiger partial charge in [-0.3, -0.25) is 0 Å². The molecular weight excluding hydrogens is 593 g/mol. The maximum absolute atomic E-state index is 5.23. The average molecular weight is 627 g/mol. The highest BCUT2D eigenvalue weighted by Gasteiger charge is 2.35. The lowest BCUT2D eigenvalue weighted by molar-refractivity contribution is 0.660. The Balaban J connectivity index is 1.23. The minimum absolute atomic E-state index is 0.0172. The van der Waals surface area contributed by atoms with Crippen LogP contribution < -0.4 is 0 Å². The highest BCUT2D eigenvalue weighted by atomic mass is 14.9. The van der Waals surface area contributed by atoms with E-state index in [1.54, 1.807) is 0 Å². The van der Waals surface area contributed by atoms with Crippen molar-refractivity contribution < 1.29 is 0 Å². The average Bonchev–Trinajstić information content (AvgIpc) is 3.40. The summed E-state index contributed by atoms with van der Waals surface area (Å²) >= 11 is 0. The molecule has 1 aromatic heterocycles. The normalized spacial score (nSPS) is 12.9. The molecule has 0 aliphatic heterocycles. The van der Waals surface area contributed by atoms with Crippen molar-refractivity contribution in [2.24, 2.45) is 0 Å². The first kappa shape index (κ1) is 29.1. The Bertz CT molecular complexity index is 2510. The molecule has 1 heterocycles. The second-order valence-corrected chi connectivity index (χ2v) is 13.4. The summed E-state index contributed by atoms with van der Waals surface area (Å²) in [6, 6.07) is 60.6. The summed E-state index contributed by atoms with van der Waals surface area (Å²) in [6.07, 6.45) is 0. The zero-order valence-electron chi connectivity index (χ0n) is 27.6. The molecule has 232 valence electrons. The maximum atomic E-state index is 5.23. The largest absolute Gasteiger partial charge is 0.228 e. The van der Waals surface area contributed by atoms with E-state index >= 15 is 0 Å².